The smallest absolute Gasteiger partial charge is 0.326 e. The second-order valence-electron chi connectivity index (χ2n) is 9.43. The van der Waals surface area contributed by atoms with Gasteiger partial charge in [-0.05, 0) is 37.1 Å². The number of hydrogen-bond acceptors (Lipinski definition) is 12. The number of carboxylic acids is 4. The van der Waals surface area contributed by atoms with Crippen LogP contribution in [0.1, 0.15) is 36.0 Å². The van der Waals surface area contributed by atoms with Crippen LogP contribution < -0.4 is 37.9 Å². The van der Waals surface area contributed by atoms with E-state index in [9.17, 15) is 33.9 Å². The molecule has 0 saturated heterocycles. The number of aromatic nitrogens is 2. The lowest BCUT2D eigenvalue weighted by atomic mass is 10.1. The molecule has 3 unspecified atom stereocenters. The Morgan fingerprint density at radius 3 is 2.19 bits per heavy atom. The molecule has 0 spiro atoms. The van der Waals surface area contributed by atoms with Crippen molar-refractivity contribution in [2.24, 2.45) is 5.73 Å². The van der Waals surface area contributed by atoms with Crippen LogP contribution in [0.3, 0.4) is 0 Å². The summed E-state index contributed by atoms with van der Waals surface area (Å²) in [5.41, 5.74) is 11.6. The molecule has 0 radical (unpaired) electrons. The fraction of sp³-hybridized carbons (Fsp3) is 0.400. The second-order valence-corrected chi connectivity index (χ2v) is 9.43. The third-order valence-corrected chi connectivity index (χ3v) is 6.24. The van der Waals surface area contributed by atoms with Crippen LogP contribution >= 0.6 is 0 Å². The van der Waals surface area contributed by atoms with Gasteiger partial charge >= 0.3 is 23.9 Å². The lowest BCUT2D eigenvalue weighted by Gasteiger charge is -2.35. The van der Waals surface area contributed by atoms with E-state index < -0.39 is 41.9 Å². The number of carbonyl (C=O) groups is 5. The zero-order valence-electron chi connectivity index (χ0n) is 23.1. The van der Waals surface area contributed by atoms with Crippen LogP contribution in [-0.4, -0.2) is 98.4 Å². The number of nitrogens with zero attached hydrogens (tertiary/aromatic N) is 2. The van der Waals surface area contributed by atoms with Crippen molar-refractivity contribution in [3.8, 4) is 0 Å². The Morgan fingerprint density at radius 1 is 1.02 bits per heavy atom. The van der Waals surface area contributed by atoms with Gasteiger partial charge in [0.1, 0.15) is 17.8 Å². The third-order valence-electron chi connectivity index (χ3n) is 6.24. The molecule has 0 bridgehead atoms. The van der Waals surface area contributed by atoms with Crippen molar-refractivity contribution in [1.82, 2.24) is 15.3 Å². The summed E-state index contributed by atoms with van der Waals surface area (Å²) in [6.45, 7) is 1.01. The number of nitrogens with one attached hydrogen (secondary N) is 4. The molecule has 1 aromatic heterocycles. The van der Waals surface area contributed by atoms with Crippen LogP contribution in [-0.2, 0) is 19.2 Å². The Hall–Kier alpha value is -5.39. The molecule has 3 atom stereocenters. The molecule has 3 rings (SSSR count). The first-order valence-electron chi connectivity index (χ1n) is 12.9. The molecule has 1 amide bonds. The predicted octanol–water partition coefficient (Wildman–Crippen LogP) is -0.995. The van der Waals surface area contributed by atoms with Crippen molar-refractivity contribution in [3.05, 3.63) is 40.2 Å². The first-order valence-corrected chi connectivity index (χ1v) is 12.9. The minimum atomic E-state index is -1.30. The molecule has 1 aliphatic rings. The number of nitrogens with two attached hydrogens (primary N) is 2. The van der Waals surface area contributed by atoms with Crippen molar-refractivity contribution < 1.29 is 44.4 Å². The SMILES string of the molecule is CN1c2c(nc(N)[nH]c2=O)NCC1CNc1ccc(C(=O)NC(CCC(=O)O)C(=O)O)cc1.NC(CCC(=O)O)C(=O)O. The number of likely N-dealkylation sites (N-methyl/N-ethyl adjacent to an activating group) is 1. The number of benzene rings is 1. The first-order chi connectivity index (χ1) is 20.2. The molecular formula is C25H34N8O10. The number of H-pyrrole nitrogens is 1. The van der Waals surface area contributed by atoms with E-state index in [2.05, 4.69) is 25.9 Å². The van der Waals surface area contributed by atoms with E-state index in [4.69, 9.17) is 26.8 Å². The van der Waals surface area contributed by atoms with Crippen LogP contribution in [0.4, 0.5) is 23.1 Å². The van der Waals surface area contributed by atoms with Crippen molar-refractivity contribution in [1.29, 1.82) is 0 Å². The second kappa shape index (κ2) is 15.6. The zero-order valence-corrected chi connectivity index (χ0v) is 23.1. The number of nitrogen functional groups attached to an aromatic ring is 1. The van der Waals surface area contributed by atoms with Gasteiger partial charge < -0.3 is 52.7 Å². The number of carbonyl (C=O) groups excluding carboxylic acids is 1. The Kier molecular flexibility index (Phi) is 12.2. The molecule has 234 valence electrons. The highest BCUT2D eigenvalue weighted by Gasteiger charge is 2.27. The molecule has 1 aromatic carbocycles. The molecule has 0 fully saturated rings. The van der Waals surface area contributed by atoms with Gasteiger partial charge in [0, 0.05) is 44.2 Å². The maximum atomic E-state index is 12.3. The molecule has 18 heteroatoms. The van der Waals surface area contributed by atoms with Gasteiger partial charge in [-0.25, -0.2) is 4.79 Å². The first kappa shape index (κ1) is 33.8. The summed E-state index contributed by atoms with van der Waals surface area (Å²) < 4.78 is 0. The molecule has 18 nitrogen and oxygen atoms in total. The van der Waals surface area contributed by atoms with E-state index in [0.29, 0.717) is 24.6 Å². The number of aromatic amines is 1. The number of anilines is 4. The third kappa shape index (κ3) is 10.5. The maximum Gasteiger partial charge on any atom is 0.326 e. The number of aliphatic carboxylic acids is 4. The summed E-state index contributed by atoms with van der Waals surface area (Å²) in [6, 6.07) is 3.97. The number of fused-ring (bicyclic) bond motifs is 1. The number of amides is 1. The molecule has 2 heterocycles. The summed E-state index contributed by atoms with van der Waals surface area (Å²) >= 11 is 0. The van der Waals surface area contributed by atoms with Crippen molar-refractivity contribution in [3.63, 3.8) is 0 Å². The van der Waals surface area contributed by atoms with Crippen LogP contribution in [0.5, 0.6) is 0 Å². The molecular weight excluding hydrogens is 572 g/mol. The largest absolute Gasteiger partial charge is 0.481 e. The zero-order chi connectivity index (χ0) is 32.3. The van der Waals surface area contributed by atoms with E-state index in [-0.39, 0.29) is 48.8 Å². The average Bonchev–Trinajstić information content (AvgIpc) is 2.93. The number of carboxylic acid groups (broad SMARTS) is 4. The summed E-state index contributed by atoms with van der Waals surface area (Å²) in [7, 11) is 1.79. The average molecular weight is 607 g/mol. The number of rotatable bonds is 13. The van der Waals surface area contributed by atoms with E-state index in [1.54, 1.807) is 19.2 Å². The number of hydrogen-bond donors (Lipinski definition) is 10. The minimum absolute atomic E-state index is 0.0231. The summed E-state index contributed by atoms with van der Waals surface area (Å²) in [4.78, 5) is 74.7. The summed E-state index contributed by atoms with van der Waals surface area (Å²) in [5, 5.41) is 42.8. The van der Waals surface area contributed by atoms with Gasteiger partial charge in [-0.2, -0.15) is 4.98 Å². The topological polar surface area (TPSA) is 303 Å². The molecule has 1 aliphatic heterocycles. The summed E-state index contributed by atoms with van der Waals surface area (Å²) in [6.07, 6.45) is -0.810. The Morgan fingerprint density at radius 2 is 1.63 bits per heavy atom. The van der Waals surface area contributed by atoms with Gasteiger partial charge in [0.15, 0.2) is 5.82 Å². The highest BCUT2D eigenvalue weighted by molar-refractivity contribution is 5.97. The van der Waals surface area contributed by atoms with Crippen molar-refractivity contribution in [2.75, 3.05) is 41.4 Å². The van der Waals surface area contributed by atoms with Crippen molar-refractivity contribution in [2.45, 2.75) is 43.8 Å². The van der Waals surface area contributed by atoms with E-state index in [0.717, 1.165) is 5.69 Å². The fourth-order valence-corrected chi connectivity index (χ4v) is 3.82. The van der Waals surface area contributed by atoms with Gasteiger partial charge in [0.25, 0.3) is 11.5 Å². The Labute approximate surface area is 244 Å². The molecule has 2 aromatic rings. The van der Waals surface area contributed by atoms with Gasteiger partial charge in [-0.3, -0.25) is 29.0 Å². The van der Waals surface area contributed by atoms with Gasteiger partial charge in [0.2, 0.25) is 5.95 Å². The van der Waals surface area contributed by atoms with Crippen LogP contribution in [0, 0.1) is 0 Å². The highest BCUT2D eigenvalue weighted by atomic mass is 16.4. The normalized spacial score (nSPS) is 14.9. The lowest BCUT2D eigenvalue weighted by Crippen LogP contribution is -2.48. The summed E-state index contributed by atoms with van der Waals surface area (Å²) in [5.74, 6) is -4.79. The van der Waals surface area contributed by atoms with Gasteiger partial charge in [-0.15, -0.1) is 0 Å². The van der Waals surface area contributed by atoms with Gasteiger partial charge in [-0.1, -0.05) is 0 Å². The quantitative estimate of drug-likeness (QED) is 0.131. The molecule has 12 N–H and O–H groups in total. The Bertz CT molecular complexity index is 1380. The van der Waals surface area contributed by atoms with Crippen LogP contribution in [0.25, 0.3) is 0 Å². The fourth-order valence-electron chi connectivity index (χ4n) is 3.82. The van der Waals surface area contributed by atoms with E-state index in [1.807, 2.05) is 4.90 Å². The minimum Gasteiger partial charge on any atom is -0.481 e. The standard InChI is InChI=1S/C20H25N7O6.C5H9NO4/c1-27-12(9-23-16-15(27)18(31)26-20(21)25-16)8-22-11-4-2-10(3-5-11)17(30)24-13(19(32)33)6-7-14(28)29;6-3(5(9)10)1-2-4(7)8/h2-5,12-13,22H,6-9H2,1H3,(H,24,30)(H,28,29)(H,32,33)(H4,21,23,25,26,31);3H,1-2,6H2,(H,7,8)(H,9,10). The molecule has 0 aliphatic carbocycles. The van der Waals surface area contributed by atoms with Crippen molar-refractivity contribution >= 4 is 52.9 Å². The molecule has 43 heavy (non-hydrogen) atoms. The molecule has 0 saturated carbocycles. The lowest BCUT2D eigenvalue weighted by molar-refractivity contribution is -0.142. The maximum absolute atomic E-state index is 12.3. The Balaban J connectivity index is 0.000000553. The van der Waals surface area contributed by atoms with Gasteiger partial charge in [0.05, 0.1) is 6.04 Å². The van der Waals surface area contributed by atoms with E-state index >= 15 is 0 Å². The van der Waals surface area contributed by atoms with E-state index in [1.165, 1.54) is 12.1 Å². The van der Waals surface area contributed by atoms with Crippen LogP contribution in [0.2, 0.25) is 0 Å². The van der Waals surface area contributed by atoms with Crippen LogP contribution in [0.15, 0.2) is 29.1 Å². The predicted molar refractivity (Wildman–Crippen MR) is 153 cm³/mol. The highest BCUT2D eigenvalue weighted by Crippen LogP contribution is 2.25. The monoisotopic (exact) mass is 606 g/mol.